The van der Waals surface area contributed by atoms with E-state index in [-0.39, 0.29) is 0 Å². The number of hydrogen-bond donors (Lipinski definition) is 2. The van der Waals surface area contributed by atoms with Crippen molar-refractivity contribution in [2.45, 2.75) is 19.5 Å². The number of hydrogen-bond acceptors (Lipinski definition) is 3. The number of aryl methyl sites for hydroxylation is 1. The van der Waals surface area contributed by atoms with Crippen molar-refractivity contribution < 1.29 is 0 Å². The lowest BCUT2D eigenvalue weighted by Gasteiger charge is -2.47. The molecule has 3 aliphatic heterocycles. The number of benzene rings is 2. The third kappa shape index (κ3) is 4.87. The van der Waals surface area contributed by atoms with Crippen LogP contribution in [0, 0.1) is 6.92 Å². The zero-order chi connectivity index (χ0) is 18.5. The van der Waals surface area contributed by atoms with Crippen LogP contribution in [0.3, 0.4) is 0 Å². The molecule has 0 radical (unpaired) electrons. The largest absolute Gasteiger partial charge is 0.354 e. The van der Waals surface area contributed by atoms with Crippen molar-refractivity contribution in [3.63, 3.8) is 0 Å². The minimum Gasteiger partial charge on any atom is -0.354 e. The lowest BCUT2D eigenvalue weighted by molar-refractivity contribution is 0.0155. The van der Waals surface area contributed by atoms with Gasteiger partial charge in [-0.15, -0.1) is 0 Å². The highest BCUT2D eigenvalue weighted by atomic mass is 15.4. The van der Waals surface area contributed by atoms with Gasteiger partial charge in [0, 0.05) is 51.0 Å². The summed E-state index contributed by atoms with van der Waals surface area (Å²) in [5.41, 5.74) is 3.56. The summed E-state index contributed by atoms with van der Waals surface area (Å²) in [6.45, 7) is 9.67. The van der Waals surface area contributed by atoms with Crippen LogP contribution in [0.15, 0.2) is 59.6 Å². The minimum absolute atomic E-state index is 0.564. The molecule has 3 saturated heterocycles. The van der Waals surface area contributed by atoms with Crippen LogP contribution in [-0.4, -0.2) is 61.1 Å². The Morgan fingerprint density at radius 3 is 2.41 bits per heavy atom. The van der Waals surface area contributed by atoms with E-state index in [9.17, 15) is 0 Å². The van der Waals surface area contributed by atoms with Crippen LogP contribution in [0.4, 0.5) is 5.69 Å². The minimum atomic E-state index is 0.564. The summed E-state index contributed by atoms with van der Waals surface area (Å²) >= 11 is 0. The first-order valence-electron chi connectivity index (χ1n) is 9.88. The maximum Gasteiger partial charge on any atom is 0.196 e. The predicted molar refractivity (Wildman–Crippen MR) is 112 cm³/mol. The number of para-hydroxylation sites is 1. The summed E-state index contributed by atoms with van der Waals surface area (Å²) in [5.74, 6) is 0.847. The third-order valence-electron chi connectivity index (χ3n) is 5.47. The molecule has 0 aromatic heterocycles. The maximum atomic E-state index is 4.83. The van der Waals surface area contributed by atoms with Gasteiger partial charge in [0.25, 0.3) is 0 Å². The highest BCUT2D eigenvalue weighted by Crippen LogP contribution is 2.15. The number of rotatable bonds is 5. The highest BCUT2D eigenvalue weighted by molar-refractivity contribution is 5.93. The molecule has 0 spiro atoms. The number of fused-ring (bicyclic) bond motifs is 3. The number of aliphatic imine (C=N–C) groups is 1. The summed E-state index contributed by atoms with van der Waals surface area (Å²) in [7, 11) is 0. The molecular formula is C22H29N5. The van der Waals surface area contributed by atoms with E-state index in [4.69, 9.17) is 4.99 Å². The van der Waals surface area contributed by atoms with Crippen molar-refractivity contribution in [1.29, 1.82) is 0 Å². The molecule has 5 nitrogen and oxygen atoms in total. The normalized spacial score (nSPS) is 24.6. The molecule has 27 heavy (non-hydrogen) atoms. The van der Waals surface area contributed by atoms with Gasteiger partial charge in [0.1, 0.15) is 0 Å². The molecule has 5 rings (SSSR count). The van der Waals surface area contributed by atoms with E-state index >= 15 is 0 Å². The van der Waals surface area contributed by atoms with Gasteiger partial charge in [-0.05, 0) is 24.6 Å². The molecule has 5 heteroatoms. The van der Waals surface area contributed by atoms with E-state index in [1.807, 2.05) is 18.2 Å². The van der Waals surface area contributed by atoms with E-state index in [1.54, 1.807) is 0 Å². The Hall–Kier alpha value is -2.37. The zero-order valence-electron chi connectivity index (χ0n) is 16.1. The second kappa shape index (κ2) is 8.55. The first-order chi connectivity index (χ1) is 13.3. The van der Waals surface area contributed by atoms with Crippen LogP contribution in [-0.2, 0) is 6.54 Å². The molecule has 2 aromatic carbocycles. The Morgan fingerprint density at radius 2 is 1.74 bits per heavy atom. The molecule has 1 unspecified atom stereocenters. The van der Waals surface area contributed by atoms with Crippen LogP contribution in [0.2, 0.25) is 0 Å². The average molecular weight is 364 g/mol. The predicted octanol–water partition coefficient (Wildman–Crippen LogP) is 2.55. The Labute approximate surface area is 162 Å². The van der Waals surface area contributed by atoms with Crippen molar-refractivity contribution in [2.24, 2.45) is 4.99 Å². The van der Waals surface area contributed by atoms with Gasteiger partial charge < -0.3 is 10.6 Å². The van der Waals surface area contributed by atoms with Crippen molar-refractivity contribution in [3.05, 3.63) is 65.7 Å². The van der Waals surface area contributed by atoms with Crippen LogP contribution in [0.25, 0.3) is 0 Å². The number of guanidine groups is 1. The summed E-state index contributed by atoms with van der Waals surface area (Å²) in [6, 6.07) is 19.4. The highest BCUT2D eigenvalue weighted by Gasteiger charge is 2.31. The van der Waals surface area contributed by atoms with Crippen LogP contribution < -0.4 is 10.6 Å². The van der Waals surface area contributed by atoms with Crippen LogP contribution >= 0.6 is 0 Å². The van der Waals surface area contributed by atoms with Gasteiger partial charge in [-0.1, -0.05) is 48.0 Å². The molecule has 2 aromatic rings. The number of nitrogens with zero attached hydrogens (tertiary/aromatic N) is 3. The molecular weight excluding hydrogens is 334 g/mol. The van der Waals surface area contributed by atoms with Crippen molar-refractivity contribution in [3.8, 4) is 0 Å². The van der Waals surface area contributed by atoms with Gasteiger partial charge in [-0.25, -0.2) is 4.99 Å². The Kier molecular flexibility index (Phi) is 5.70. The Balaban J connectivity index is 1.42. The fourth-order valence-corrected chi connectivity index (χ4v) is 3.79. The van der Waals surface area contributed by atoms with Gasteiger partial charge in [0.05, 0.1) is 6.54 Å². The van der Waals surface area contributed by atoms with E-state index in [2.05, 4.69) is 63.8 Å². The molecule has 142 valence electrons. The Morgan fingerprint density at radius 1 is 1.00 bits per heavy atom. The molecule has 2 bridgehead atoms. The first-order valence-corrected chi connectivity index (χ1v) is 9.88. The molecule has 3 aliphatic rings. The SMILES string of the molecule is Cc1ccc(CN=C(NCC2CN3CCN2CC3)Nc2ccccc2)cc1. The van der Waals surface area contributed by atoms with Crippen LogP contribution in [0.1, 0.15) is 11.1 Å². The summed E-state index contributed by atoms with van der Waals surface area (Å²) in [6.07, 6.45) is 0. The monoisotopic (exact) mass is 363 g/mol. The van der Waals surface area contributed by atoms with Gasteiger partial charge in [-0.3, -0.25) is 9.80 Å². The number of anilines is 1. The van der Waals surface area contributed by atoms with Gasteiger partial charge in [0.15, 0.2) is 5.96 Å². The molecule has 3 fully saturated rings. The summed E-state index contributed by atoms with van der Waals surface area (Å²) < 4.78 is 0. The molecule has 1 atom stereocenters. The second-order valence-electron chi connectivity index (χ2n) is 7.51. The molecule has 0 amide bonds. The van der Waals surface area contributed by atoms with Gasteiger partial charge >= 0.3 is 0 Å². The number of piperazine rings is 3. The molecule has 3 heterocycles. The van der Waals surface area contributed by atoms with Crippen molar-refractivity contribution >= 4 is 11.6 Å². The fourth-order valence-electron chi connectivity index (χ4n) is 3.79. The van der Waals surface area contributed by atoms with E-state index in [0.29, 0.717) is 12.6 Å². The lowest BCUT2D eigenvalue weighted by Crippen LogP contribution is -2.63. The van der Waals surface area contributed by atoms with E-state index in [1.165, 1.54) is 37.3 Å². The molecule has 0 aliphatic carbocycles. The quantitative estimate of drug-likeness (QED) is 0.633. The van der Waals surface area contributed by atoms with Gasteiger partial charge in [-0.2, -0.15) is 0 Å². The topological polar surface area (TPSA) is 42.9 Å². The van der Waals surface area contributed by atoms with Crippen molar-refractivity contribution in [1.82, 2.24) is 15.1 Å². The fraction of sp³-hybridized carbons (Fsp3) is 0.409. The molecule has 0 saturated carbocycles. The Bertz CT molecular complexity index is 748. The zero-order valence-corrected chi connectivity index (χ0v) is 16.1. The average Bonchev–Trinajstić information content (AvgIpc) is 2.73. The van der Waals surface area contributed by atoms with Gasteiger partial charge in [0.2, 0.25) is 0 Å². The second-order valence-corrected chi connectivity index (χ2v) is 7.51. The summed E-state index contributed by atoms with van der Waals surface area (Å²) in [5, 5.41) is 7.03. The number of nitrogens with one attached hydrogen (secondary N) is 2. The summed E-state index contributed by atoms with van der Waals surface area (Å²) in [4.78, 5) is 10.0. The first kappa shape index (κ1) is 18.0. The smallest absolute Gasteiger partial charge is 0.196 e. The lowest BCUT2D eigenvalue weighted by atomic mass is 10.1. The third-order valence-corrected chi connectivity index (χ3v) is 5.47. The van der Waals surface area contributed by atoms with Crippen molar-refractivity contribution in [2.75, 3.05) is 44.6 Å². The van der Waals surface area contributed by atoms with E-state index < -0.39 is 0 Å². The standard InChI is InChI=1S/C22H29N5/c1-18-7-9-19(10-8-18)15-23-22(25-20-5-3-2-4-6-20)24-16-21-17-26-11-13-27(21)14-12-26/h2-10,21H,11-17H2,1H3,(H2,23,24,25). The van der Waals surface area contributed by atoms with Crippen LogP contribution in [0.5, 0.6) is 0 Å². The van der Waals surface area contributed by atoms with E-state index in [0.717, 1.165) is 24.7 Å². The molecule has 2 N–H and O–H groups in total. The maximum absolute atomic E-state index is 4.83.